The van der Waals surface area contributed by atoms with Crippen LogP contribution >= 0.6 is 0 Å². The topological polar surface area (TPSA) is 70.0 Å². The zero-order chi connectivity index (χ0) is 14.8. The van der Waals surface area contributed by atoms with Crippen LogP contribution in [-0.4, -0.2) is 9.13 Å². The van der Waals surface area contributed by atoms with E-state index in [1.165, 1.54) is 10.6 Å². The van der Waals surface area contributed by atoms with E-state index in [0.717, 1.165) is 10.9 Å². The van der Waals surface area contributed by atoms with Gasteiger partial charge in [-0.15, -0.1) is 0 Å². The number of hydrogen-bond acceptors (Lipinski definition) is 3. The number of benzene rings is 1. The minimum absolute atomic E-state index is 0.0781. The molecule has 0 unspecified atom stereocenters. The summed E-state index contributed by atoms with van der Waals surface area (Å²) in [6, 6.07) is 14.0. The third-order valence-corrected chi connectivity index (χ3v) is 3.47. The van der Waals surface area contributed by atoms with E-state index in [1.807, 2.05) is 24.3 Å². The van der Waals surface area contributed by atoms with Crippen molar-refractivity contribution in [2.75, 3.05) is 5.73 Å². The van der Waals surface area contributed by atoms with Crippen molar-refractivity contribution in [1.29, 1.82) is 0 Å². The lowest BCUT2D eigenvalue weighted by molar-refractivity contribution is 0.566. The summed E-state index contributed by atoms with van der Waals surface area (Å²) >= 11 is 0. The molecule has 1 aromatic carbocycles. The van der Waals surface area contributed by atoms with Crippen molar-refractivity contribution in [1.82, 2.24) is 9.13 Å². The highest BCUT2D eigenvalue weighted by Crippen LogP contribution is 2.11. The Balaban J connectivity index is 1.99. The molecular formula is C16H15N3O2. The van der Waals surface area contributed by atoms with Crippen LogP contribution in [0.5, 0.6) is 0 Å². The second-order valence-electron chi connectivity index (χ2n) is 4.88. The van der Waals surface area contributed by atoms with Gasteiger partial charge in [0.05, 0.1) is 5.52 Å². The second-order valence-corrected chi connectivity index (χ2v) is 4.88. The van der Waals surface area contributed by atoms with E-state index >= 15 is 0 Å². The van der Waals surface area contributed by atoms with Gasteiger partial charge < -0.3 is 14.9 Å². The predicted molar refractivity (Wildman–Crippen MR) is 83.3 cm³/mol. The maximum absolute atomic E-state index is 12.1. The summed E-state index contributed by atoms with van der Waals surface area (Å²) in [6.45, 7) is 0.821. The molecule has 5 heteroatoms. The molecule has 3 rings (SSSR count). The molecule has 0 aliphatic heterocycles. The van der Waals surface area contributed by atoms with Gasteiger partial charge in [-0.1, -0.05) is 18.2 Å². The molecule has 2 aromatic heterocycles. The van der Waals surface area contributed by atoms with E-state index in [-0.39, 0.29) is 11.1 Å². The summed E-state index contributed by atoms with van der Waals surface area (Å²) in [4.78, 5) is 23.8. The average molecular weight is 281 g/mol. The number of hydrogen-bond donors (Lipinski definition) is 1. The highest BCUT2D eigenvalue weighted by Gasteiger charge is 2.03. The van der Waals surface area contributed by atoms with Crippen molar-refractivity contribution in [3.05, 3.63) is 75.4 Å². The van der Waals surface area contributed by atoms with Crippen LogP contribution in [0.3, 0.4) is 0 Å². The first kappa shape index (κ1) is 13.2. The van der Waals surface area contributed by atoms with Crippen molar-refractivity contribution in [2.24, 2.45) is 0 Å². The molecule has 0 atom stereocenters. The molecule has 21 heavy (non-hydrogen) atoms. The van der Waals surface area contributed by atoms with E-state index in [4.69, 9.17) is 5.73 Å². The van der Waals surface area contributed by atoms with Gasteiger partial charge >= 0.3 is 0 Å². The predicted octanol–water partition coefficient (Wildman–Crippen LogP) is 1.45. The van der Waals surface area contributed by atoms with Crippen molar-refractivity contribution in [3.63, 3.8) is 0 Å². The summed E-state index contributed by atoms with van der Waals surface area (Å²) in [7, 11) is 0. The minimum atomic E-state index is -0.127. The van der Waals surface area contributed by atoms with Gasteiger partial charge in [-0.3, -0.25) is 9.59 Å². The lowest BCUT2D eigenvalue weighted by Gasteiger charge is -2.11. The lowest BCUT2D eigenvalue weighted by atomic mass is 10.2. The fourth-order valence-corrected chi connectivity index (χ4v) is 2.41. The molecule has 2 heterocycles. The number of fused-ring (bicyclic) bond motifs is 1. The van der Waals surface area contributed by atoms with Crippen LogP contribution in [0.2, 0.25) is 0 Å². The quantitative estimate of drug-likeness (QED) is 0.790. The smallest absolute Gasteiger partial charge is 0.251 e. The fraction of sp³-hybridized carbons (Fsp3) is 0.125. The Morgan fingerprint density at radius 3 is 2.48 bits per heavy atom. The summed E-state index contributed by atoms with van der Waals surface area (Å²) < 4.78 is 3.19. The van der Waals surface area contributed by atoms with E-state index < -0.39 is 0 Å². The fourth-order valence-electron chi connectivity index (χ4n) is 2.41. The highest BCUT2D eigenvalue weighted by atomic mass is 16.1. The largest absolute Gasteiger partial charge is 0.398 e. The van der Waals surface area contributed by atoms with Crippen LogP contribution in [-0.2, 0) is 13.1 Å². The Labute approximate surface area is 120 Å². The van der Waals surface area contributed by atoms with Crippen LogP contribution in [0.25, 0.3) is 10.9 Å². The summed E-state index contributed by atoms with van der Waals surface area (Å²) in [6.07, 6.45) is 1.60. The number of nitrogens with zero attached hydrogens (tertiary/aromatic N) is 2. The number of anilines is 1. The van der Waals surface area contributed by atoms with Crippen LogP contribution in [0.1, 0.15) is 0 Å². The SMILES string of the molecule is Nc1ccc(=O)n(CCn2c(=O)ccc3ccccc32)c1. The Bertz CT molecular complexity index is 909. The first-order valence-corrected chi connectivity index (χ1v) is 6.70. The monoisotopic (exact) mass is 281 g/mol. The Kier molecular flexibility index (Phi) is 3.31. The Morgan fingerprint density at radius 2 is 1.62 bits per heavy atom. The van der Waals surface area contributed by atoms with Gasteiger partial charge in [0.15, 0.2) is 0 Å². The van der Waals surface area contributed by atoms with Crippen LogP contribution < -0.4 is 16.9 Å². The Morgan fingerprint density at radius 1 is 0.857 bits per heavy atom. The zero-order valence-corrected chi connectivity index (χ0v) is 11.4. The van der Waals surface area contributed by atoms with Crippen LogP contribution in [0, 0.1) is 0 Å². The molecule has 0 spiro atoms. The van der Waals surface area contributed by atoms with Crippen LogP contribution in [0.4, 0.5) is 5.69 Å². The standard InChI is InChI=1S/C16H15N3O2/c17-13-6-8-15(20)18(11-13)9-10-19-14-4-2-1-3-12(14)5-7-16(19)21/h1-8,11H,9-10,17H2. The van der Waals surface area contributed by atoms with Gasteiger partial charge in [0.1, 0.15) is 0 Å². The van der Waals surface area contributed by atoms with E-state index in [1.54, 1.807) is 29.0 Å². The molecule has 0 bridgehead atoms. The third-order valence-electron chi connectivity index (χ3n) is 3.47. The van der Waals surface area contributed by atoms with E-state index in [9.17, 15) is 9.59 Å². The van der Waals surface area contributed by atoms with Crippen LogP contribution in [0.15, 0.2) is 64.3 Å². The molecule has 2 N–H and O–H groups in total. The second kappa shape index (κ2) is 5.28. The van der Waals surface area contributed by atoms with Gasteiger partial charge in [0.2, 0.25) is 0 Å². The third kappa shape index (κ3) is 2.58. The maximum Gasteiger partial charge on any atom is 0.251 e. The molecule has 5 nitrogen and oxygen atoms in total. The number of aromatic nitrogens is 2. The molecule has 0 radical (unpaired) electrons. The molecule has 106 valence electrons. The molecule has 0 aliphatic carbocycles. The molecular weight excluding hydrogens is 266 g/mol. The van der Waals surface area contributed by atoms with Crippen molar-refractivity contribution in [3.8, 4) is 0 Å². The van der Waals surface area contributed by atoms with Gasteiger partial charge in [-0.25, -0.2) is 0 Å². The lowest BCUT2D eigenvalue weighted by Crippen LogP contribution is -2.26. The zero-order valence-electron chi connectivity index (χ0n) is 11.4. The van der Waals surface area contributed by atoms with Gasteiger partial charge in [-0.2, -0.15) is 0 Å². The molecule has 0 aliphatic rings. The minimum Gasteiger partial charge on any atom is -0.398 e. The average Bonchev–Trinajstić information content (AvgIpc) is 2.49. The first-order chi connectivity index (χ1) is 10.1. The summed E-state index contributed by atoms with van der Waals surface area (Å²) in [5.74, 6) is 0. The summed E-state index contributed by atoms with van der Waals surface area (Å²) in [5.41, 5.74) is 6.87. The number of nitrogen functional groups attached to an aromatic ring is 1. The first-order valence-electron chi connectivity index (χ1n) is 6.70. The molecule has 0 fully saturated rings. The van der Waals surface area contributed by atoms with Crippen molar-refractivity contribution >= 4 is 16.6 Å². The van der Waals surface area contributed by atoms with E-state index in [0.29, 0.717) is 18.8 Å². The van der Waals surface area contributed by atoms with Crippen molar-refractivity contribution < 1.29 is 0 Å². The molecule has 0 saturated carbocycles. The normalized spacial score (nSPS) is 10.9. The van der Waals surface area contributed by atoms with Gasteiger partial charge in [0.25, 0.3) is 11.1 Å². The maximum atomic E-state index is 12.1. The number of aryl methyl sites for hydroxylation is 2. The molecule has 0 saturated heterocycles. The molecule has 3 aromatic rings. The number of para-hydroxylation sites is 1. The van der Waals surface area contributed by atoms with Crippen molar-refractivity contribution in [2.45, 2.75) is 13.1 Å². The van der Waals surface area contributed by atoms with Gasteiger partial charge in [-0.05, 0) is 23.6 Å². The number of rotatable bonds is 3. The number of pyridine rings is 2. The highest BCUT2D eigenvalue weighted by molar-refractivity contribution is 5.78. The number of nitrogens with two attached hydrogens (primary N) is 1. The van der Waals surface area contributed by atoms with E-state index in [2.05, 4.69) is 0 Å². The molecule has 0 amide bonds. The summed E-state index contributed by atoms with van der Waals surface area (Å²) in [5, 5.41) is 0.997. The Hall–Kier alpha value is -2.82. The van der Waals surface area contributed by atoms with Gasteiger partial charge in [0, 0.05) is 37.1 Å².